The third kappa shape index (κ3) is 2.48. The van der Waals surface area contributed by atoms with Crippen LogP contribution in [0.4, 0.5) is 0 Å². The van der Waals surface area contributed by atoms with Crippen LogP contribution in [-0.4, -0.2) is 21.9 Å². The minimum Gasteiger partial charge on any atom is -0.348 e. The maximum atomic E-state index is 12.9. The molecule has 3 rings (SSSR count). The molecule has 0 bridgehead atoms. The molecular formula is C18H22N2O. The zero-order valence-corrected chi connectivity index (χ0v) is 12.9. The predicted octanol–water partition coefficient (Wildman–Crippen LogP) is 3.47. The summed E-state index contributed by atoms with van der Waals surface area (Å²) in [4.78, 5) is 14.9. The smallest absolute Gasteiger partial charge is 0.228 e. The van der Waals surface area contributed by atoms with Gasteiger partial charge in [0.15, 0.2) is 0 Å². The molecule has 0 saturated carbocycles. The quantitative estimate of drug-likeness (QED) is 0.786. The molecular weight excluding hydrogens is 260 g/mol. The number of hydrogen-bond acceptors (Lipinski definition) is 1. The fourth-order valence-corrected chi connectivity index (χ4v) is 3.02. The van der Waals surface area contributed by atoms with Crippen LogP contribution in [0.5, 0.6) is 0 Å². The normalized spacial score (nSPS) is 18.4. The molecule has 0 radical (unpaired) electrons. The van der Waals surface area contributed by atoms with Gasteiger partial charge in [0.1, 0.15) is 0 Å². The van der Waals surface area contributed by atoms with Crippen LogP contribution >= 0.6 is 0 Å². The lowest BCUT2D eigenvalue weighted by Gasteiger charge is -2.40. The highest BCUT2D eigenvalue weighted by Crippen LogP contribution is 2.35. The minimum atomic E-state index is -0.359. The van der Waals surface area contributed by atoms with Crippen LogP contribution in [0, 0.1) is 5.41 Å². The van der Waals surface area contributed by atoms with Gasteiger partial charge in [0.05, 0.1) is 6.04 Å². The number of benzene rings is 1. The molecule has 110 valence electrons. The van der Waals surface area contributed by atoms with Gasteiger partial charge < -0.3 is 9.47 Å². The van der Waals surface area contributed by atoms with Crippen LogP contribution in [-0.2, 0) is 11.3 Å². The van der Waals surface area contributed by atoms with E-state index in [2.05, 4.69) is 35.0 Å². The predicted molar refractivity (Wildman–Crippen MR) is 83.9 cm³/mol. The second kappa shape index (κ2) is 5.06. The third-order valence-corrected chi connectivity index (χ3v) is 4.06. The largest absolute Gasteiger partial charge is 0.348 e. The Morgan fingerprint density at radius 2 is 1.76 bits per heavy atom. The Kier molecular flexibility index (Phi) is 3.36. The molecule has 1 aliphatic heterocycles. The number of rotatable bonds is 1. The Hall–Kier alpha value is -2.03. The van der Waals surface area contributed by atoms with E-state index in [1.807, 2.05) is 43.9 Å². The second-order valence-electron chi connectivity index (χ2n) is 6.69. The average molecular weight is 282 g/mol. The van der Waals surface area contributed by atoms with Crippen molar-refractivity contribution in [2.75, 3.05) is 6.54 Å². The molecule has 1 atom stereocenters. The number of nitrogens with zero attached hydrogens (tertiary/aromatic N) is 2. The van der Waals surface area contributed by atoms with Crippen molar-refractivity contribution in [3.8, 4) is 0 Å². The topological polar surface area (TPSA) is 25.2 Å². The molecule has 2 heterocycles. The van der Waals surface area contributed by atoms with Crippen LogP contribution in [0.25, 0.3) is 0 Å². The van der Waals surface area contributed by atoms with Gasteiger partial charge in [-0.15, -0.1) is 0 Å². The summed E-state index contributed by atoms with van der Waals surface area (Å²) in [6.45, 7) is 7.60. The Balaban J connectivity index is 2.07. The van der Waals surface area contributed by atoms with E-state index in [-0.39, 0.29) is 17.4 Å². The van der Waals surface area contributed by atoms with E-state index >= 15 is 0 Å². The van der Waals surface area contributed by atoms with Gasteiger partial charge >= 0.3 is 0 Å². The Bertz CT molecular complexity index is 637. The van der Waals surface area contributed by atoms with E-state index in [0.717, 1.165) is 13.1 Å². The van der Waals surface area contributed by atoms with Crippen LogP contribution in [0.3, 0.4) is 0 Å². The van der Waals surface area contributed by atoms with Gasteiger partial charge in [-0.1, -0.05) is 51.1 Å². The molecule has 3 heteroatoms. The molecule has 0 spiro atoms. The number of fused-ring (bicyclic) bond motifs is 1. The monoisotopic (exact) mass is 282 g/mol. The van der Waals surface area contributed by atoms with Gasteiger partial charge in [-0.3, -0.25) is 4.79 Å². The highest BCUT2D eigenvalue weighted by Gasteiger charge is 2.36. The highest BCUT2D eigenvalue weighted by atomic mass is 16.2. The van der Waals surface area contributed by atoms with Crippen molar-refractivity contribution in [1.29, 1.82) is 0 Å². The van der Waals surface area contributed by atoms with E-state index < -0.39 is 0 Å². The number of aromatic nitrogens is 1. The lowest BCUT2D eigenvalue weighted by Crippen LogP contribution is -2.47. The molecule has 0 aliphatic carbocycles. The summed E-state index contributed by atoms with van der Waals surface area (Å²) < 4.78 is 2.25. The van der Waals surface area contributed by atoms with E-state index in [0.29, 0.717) is 0 Å². The summed E-state index contributed by atoms with van der Waals surface area (Å²) >= 11 is 0. The molecule has 1 unspecified atom stereocenters. The van der Waals surface area contributed by atoms with E-state index in [9.17, 15) is 4.79 Å². The maximum Gasteiger partial charge on any atom is 0.228 e. The molecule has 1 amide bonds. The van der Waals surface area contributed by atoms with Crippen LogP contribution in [0.15, 0.2) is 48.7 Å². The van der Waals surface area contributed by atoms with Crippen LogP contribution < -0.4 is 0 Å². The molecule has 1 aliphatic rings. The van der Waals surface area contributed by atoms with Crippen LogP contribution in [0.1, 0.15) is 38.1 Å². The molecule has 1 aromatic heterocycles. The highest BCUT2D eigenvalue weighted by molar-refractivity contribution is 5.82. The SMILES string of the molecule is CC(C)(C)C(=O)N1CCn2cccc2C1c1ccccc1. The van der Waals surface area contributed by atoms with Gasteiger partial charge in [-0.2, -0.15) is 0 Å². The lowest BCUT2D eigenvalue weighted by molar-refractivity contribution is -0.142. The summed E-state index contributed by atoms with van der Waals surface area (Å²) in [5.41, 5.74) is 2.02. The summed E-state index contributed by atoms with van der Waals surface area (Å²) in [5, 5.41) is 0. The fourth-order valence-electron chi connectivity index (χ4n) is 3.02. The minimum absolute atomic E-state index is 0.0154. The van der Waals surface area contributed by atoms with Gasteiger partial charge in [-0.05, 0) is 17.7 Å². The first-order valence-corrected chi connectivity index (χ1v) is 7.49. The fraction of sp³-hybridized carbons (Fsp3) is 0.389. The van der Waals surface area contributed by atoms with Gasteiger partial charge in [-0.25, -0.2) is 0 Å². The lowest BCUT2D eigenvalue weighted by atomic mass is 9.91. The van der Waals surface area contributed by atoms with Crippen molar-refractivity contribution in [1.82, 2.24) is 9.47 Å². The summed E-state index contributed by atoms with van der Waals surface area (Å²) in [5.74, 6) is 0.212. The van der Waals surface area contributed by atoms with Crippen molar-refractivity contribution in [2.45, 2.75) is 33.4 Å². The van der Waals surface area contributed by atoms with Crippen LogP contribution in [0.2, 0.25) is 0 Å². The zero-order chi connectivity index (χ0) is 15.0. The Labute approximate surface area is 126 Å². The molecule has 3 nitrogen and oxygen atoms in total. The molecule has 2 aromatic rings. The van der Waals surface area contributed by atoms with E-state index in [1.165, 1.54) is 11.3 Å². The van der Waals surface area contributed by atoms with Crippen molar-refractivity contribution in [3.05, 3.63) is 59.9 Å². The maximum absolute atomic E-state index is 12.9. The second-order valence-corrected chi connectivity index (χ2v) is 6.69. The molecule has 0 N–H and O–H groups in total. The average Bonchev–Trinajstić information content (AvgIpc) is 2.93. The van der Waals surface area contributed by atoms with E-state index in [1.54, 1.807) is 0 Å². The molecule has 0 saturated heterocycles. The summed E-state index contributed by atoms with van der Waals surface area (Å²) in [6, 6.07) is 14.5. The van der Waals surface area contributed by atoms with E-state index in [4.69, 9.17) is 0 Å². The number of amides is 1. The molecule has 21 heavy (non-hydrogen) atoms. The van der Waals surface area contributed by atoms with Crippen molar-refractivity contribution < 1.29 is 4.79 Å². The van der Waals surface area contributed by atoms with Crippen molar-refractivity contribution in [3.63, 3.8) is 0 Å². The van der Waals surface area contributed by atoms with Gasteiger partial charge in [0.25, 0.3) is 0 Å². The first-order chi connectivity index (χ1) is 9.98. The number of carbonyl (C=O) groups is 1. The van der Waals surface area contributed by atoms with Gasteiger partial charge in [0.2, 0.25) is 5.91 Å². The standard InChI is InChI=1S/C18H22N2O/c1-18(2,3)17(21)20-13-12-19-11-7-10-15(19)16(20)14-8-5-4-6-9-14/h4-11,16H,12-13H2,1-3H3. The first-order valence-electron chi connectivity index (χ1n) is 7.49. The molecule has 0 fully saturated rings. The zero-order valence-electron chi connectivity index (χ0n) is 12.9. The Morgan fingerprint density at radius 3 is 2.43 bits per heavy atom. The summed E-state index contributed by atoms with van der Waals surface area (Å²) in [7, 11) is 0. The number of carbonyl (C=O) groups excluding carboxylic acids is 1. The van der Waals surface area contributed by atoms with Crippen molar-refractivity contribution in [2.24, 2.45) is 5.41 Å². The molecule has 1 aromatic carbocycles. The third-order valence-electron chi connectivity index (χ3n) is 4.06. The van der Waals surface area contributed by atoms with Crippen molar-refractivity contribution >= 4 is 5.91 Å². The summed E-state index contributed by atoms with van der Waals surface area (Å²) in [6.07, 6.45) is 2.10. The first kappa shape index (κ1) is 13.9. The Morgan fingerprint density at radius 1 is 1.05 bits per heavy atom. The van der Waals surface area contributed by atoms with Gasteiger partial charge in [0, 0.05) is 30.4 Å². The number of hydrogen-bond donors (Lipinski definition) is 0.